The molecular weight excluding hydrogens is 178 g/mol. The number of methoxy groups -OCH3 is 1. The van der Waals surface area contributed by atoms with Gasteiger partial charge in [0.05, 0.1) is 13.3 Å². The van der Waals surface area contributed by atoms with Crippen molar-refractivity contribution in [2.45, 2.75) is 0 Å². The molecule has 4 nitrogen and oxygen atoms in total. The lowest BCUT2D eigenvalue weighted by atomic mass is 10.1. The number of H-pyrrole nitrogens is 1. The van der Waals surface area contributed by atoms with Crippen LogP contribution in [0.5, 0.6) is 5.75 Å². The second-order valence-corrected chi connectivity index (χ2v) is 2.90. The quantitative estimate of drug-likeness (QED) is 0.755. The highest BCUT2D eigenvalue weighted by Gasteiger charge is 2.08. The first kappa shape index (κ1) is 8.62. The first-order chi connectivity index (χ1) is 6.83. The number of hydrogen-bond donors (Lipinski definition) is 2. The van der Waals surface area contributed by atoms with E-state index in [2.05, 4.69) is 10.2 Å². The maximum Gasteiger partial charge on any atom is 0.126 e. The first-order valence-corrected chi connectivity index (χ1v) is 4.25. The number of nitrogens with zero attached hydrogens (tertiary/aromatic N) is 1. The molecule has 1 heterocycles. The number of nitrogens with two attached hydrogens (primary N) is 1. The summed E-state index contributed by atoms with van der Waals surface area (Å²) in [4.78, 5) is 0. The normalized spacial score (nSPS) is 10.1. The third-order valence-electron chi connectivity index (χ3n) is 2.07. The Balaban J connectivity index is 2.56. The van der Waals surface area contributed by atoms with Gasteiger partial charge in [0.25, 0.3) is 0 Å². The fourth-order valence-electron chi connectivity index (χ4n) is 1.38. The van der Waals surface area contributed by atoms with Gasteiger partial charge in [0.15, 0.2) is 0 Å². The van der Waals surface area contributed by atoms with Crippen LogP contribution in [0.4, 0.5) is 5.82 Å². The molecule has 0 aliphatic carbocycles. The van der Waals surface area contributed by atoms with E-state index in [9.17, 15) is 0 Å². The lowest BCUT2D eigenvalue weighted by Gasteiger charge is -2.06. The Morgan fingerprint density at radius 2 is 2.07 bits per heavy atom. The van der Waals surface area contributed by atoms with E-state index >= 15 is 0 Å². The average molecular weight is 189 g/mol. The molecule has 0 atom stereocenters. The van der Waals surface area contributed by atoms with Crippen LogP contribution >= 0.6 is 0 Å². The molecule has 4 heteroatoms. The van der Waals surface area contributed by atoms with E-state index < -0.39 is 0 Å². The highest BCUT2D eigenvalue weighted by molar-refractivity contribution is 5.77. The van der Waals surface area contributed by atoms with Crippen molar-refractivity contribution >= 4 is 5.82 Å². The van der Waals surface area contributed by atoms with Crippen molar-refractivity contribution in [3.05, 3.63) is 30.5 Å². The molecule has 0 amide bonds. The van der Waals surface area contributed by atoms with Gasteiger partial charge in [-0.25, -0.2) is 0 Å². The van der Waals surface area contributed by atoms with E-state index in [0.29, 0.717) is 5.82 Å². The highest BCUT2D eigenvalue weighted by Crippen LogP contribution is 2.31. The lowest BCUT2D eigenvalue weighted by molar-refractivity contribution is 0.416. The fraction of sp³-hybridized carbons (Fsp3) is 0.100. The molecule has 0 aliphatic heterocycles. The van der Waals surface area contributed by atoms with E-state index in [0.717, 1.165) is 16.9 Å². The number of aromatic amines is 1. The number of anilines is 1. The number of benzene rings is 1. The standard InChI is InChI=1S/C10H11N3O/c1-14-9-5-3-2-4-7(9)8-6-12-13-10(8)11/h2-6H,1H3,(H3,11,12,13). The molecule has 0 spiro atoms. The third kappa shape index (κ3) is 1.31. The topological polar surface area (TPSA) is 63.9 Å². The number of ether oxygens (including phenoxy) is 1. The van der Waals surface area contributed by atoms with Crippen molar-refractivity contribution in [1.82, 2.24) is 10.2 Å². The van der Waals surface area contributed by atoms with Gasteiger partial charge in [0, 0.05) is 11.1 Å². The van der Waals surface area contributed by atoms with Gasteiger partial charge >= 0.3 is 0 Å². The molecule has 72 valence electrons. The van der Waals surface area contributed by atoms with Gasteiger partial charge in [0.2, 0.25) is 0 Å². The number of aromatic nitrogens is 2. The van der Waals surface area contributed by atoms with E-state index in [-0.39, 0.29) is 0 Å². The van der Waals surface area contributed by atoms with Crippen LogP contribution in [-0.4, -0.2) is 17.3 Å². The zero-order chi connectivity index (χ0) is 9.97. The first-order valence-electron chi connectivity index (χ1n) is 4.25. The third-order valence-corrected chi connectivity index (χ3v) is 2.07. The molecule has 2 aromatic rings. The van der Waals surface area contributed by atoms with Crippen LogP contribution in [-0.2, 0) is 0 Å². The van der Waals surface area contributed by atoms with Crippen LogP contribution in [0.25, 0.3) is 11.1 Å². The smallest absolute Gasteiger partial charge is 0.126 e. The molecule has 0 fully saturated rings. The van der Waals surface area contributed by atoms with Gasteiger partial charge in [-0.15, -0.1) is 0 Å². The predicted octanol–water partition coefficient (Wildman–Crippen LogP) is 1.67. The Morgan fingerprint density at radius 1 is 1.29 bits per heavy atom. The van der Waals surface area contributed by atoms with E-state index in [1.54, 1.807) is 13.3 Å². The Hall–Kier alpha value is -1.97. The number of nitrogens with one attached hydrogen (secondary N) is 1. The molecule has 0 saturated carbocycles. The summed E-state index contributed by atoms with van der Waals surface area (Å²) in [6.07, 6.45) is 1.69. The Bertz CT molecular complexity index is 436. The summed E-state index contributed by atoms with van der Waals surface area (Å²) in [7, 11) is 1.63. The molecule has 0 unspecified atom stereocenters. The molecule has 0 saturated heterocycles. The number of hydrogen-bond acceptors (Lipinski definition) is 3. The zero-order valence-electron chi connectivity index (χ0n) is 7.82. The number of nitrogen functional groups attached to an aromatic ring is 1. The summed E-state index contributed by atoms with van der Waals surface area (Å²) in [6.45, 7) is 0. The molecule has 14 heavy (non-hydrogen) atoms. The van der Waals surface area contributed by atoms with Crippen LogP contribution < -0.4 is 10.5 Å². The van der Waals surface area contributed by atoms with Crippen molar-refractivity contribution in [3.63, 3.8) is 0 Å². The predicted molar refractivity (Wildman–Crippen MR) is 55.0 cm³/mol. The van der Waals surface area contributed by atoms with Gasteiger partial charge in [0.1, 0.15) is 11.6 Å². The Morgan fingerprint density at radius 3 is 2.71 bits per heavy atom. The van der Waals surface area contributed by atoms with Crippen LogP contribution in [0.1, 0.15) is 0 Å². The van der Waals surface area contributed by atoms with Crippen molar-refractivity contribution in [3.8, 4) is 16.9 Å². The van der Waals surface area contributed by atoms with E-state index in [1.165, 1.54) is 0 Å². The number of rotatable bonds is 2. The molecule has 3 N–H and O–H groups in total. The van der Waals surface area contributed by atoms with Gasteiger partial charge in [-0.3, -0.25) is 5.10 Å². The summed E-state index contributed by atoms with van der Waals surface area (Å²) in [5.41, 5.74) is 7.53. The van der Waals surface area contributed by atoms with Crippen molar-refractivity contribution < 1.29 is 4.74 Å². The molecule has 1 aromatic carbocycles. The van der Waals surface area contributed by atoms with Gasteiger partial charge in [-0.1, -0.05) is 18.2 Å². The summed E-state index contributed by atoms with van der Waals surface area (Å²) in [5, 5.41) is 6.56. The van der Waals surface area contributed by atoms with E-state index in [1.807, 2.05) is 24.3 Å². The van der Waals surface area contributed by atoms with Crippen molar-refractivity contribution in [2.75, 3.05) is 12.8 Å². The average Bonchev–Trinajstić information content (AvgIpc) is 2.64. The summed E-state index contributed by atoms with van der Waals surface area (Å²) in [5.74, 6) is 1.34. The van der Waals surface area contributed by atoms with Crippen LogP contribution in [0.15, 0.2) is 30.5 Å². The second-order valence-electron chi connectivity index (χ2n) is 2.90. The second kappa shape index (κ2) is 3.41. The SMILES string of the molecule is COc1ccccc1-c1cn[nH]c1N. The number of para-hydroxylation sites is 1. The van der Waals surface area contributed by atoms with Gasteiger partial charge < -0.3 is 10.5 Å². The molecular formula is C10H11N3O. The molecule has 0 bridgehead atoms. The van der Waals surface area contributed by atoms with Gasteiger partial charge in [-0.05, 0) is 6.07 Å². The van der Waals surface area contributed by atoms with Crippen molar-refractivity contribution in [2.24, 2.45) is 0 Å². The lowest BCUT2D eigenvalue weighted by Crippen LogP contribution is -1.90. The maximum atomic E-state index is 5.72. The summed E-state index contributed by atoms with van der Waals surface area (Å²) >= 11 is 0. The van der Waals surface area contributed by atoms with Crippen molar-refractivity contribution in [1.29, 1.82) is 0 Å². The minimum Gasteiger partial charge on any atom is -0.496 e. The van der Waals surface area contributed by atoms with Crippen LogP contribution in [0, 0.1) is 0 Å². The van der Waals surface area contributed by atoms with Crippen LogP contribution in [0.2, 0.25) is 0 Å². The minimum atomic E-state index is 0.550. The minimum absolute atomic E-state index is 0.550. The highest BCUT2D eigenvalue weighted by atomic mass is 16.5. The molecule has 0 aliphatic rings. The Kier molecular flexibility index (Phi) is 2.10. The molecule has 2 rings (SSSR count). The van der Waals surface area contributed by atoms with E-state index in [4.69, 9.17) is 10.5 Å². The summed E-state index contributed by atoms with van der Waals surface area (Å²) in [6, 6.07) is 7.69. The maximum absolute atomic E-state index is 5.72. The van der Waals surface area contributed by atoms with Gasteiger partial charge in [-0.2, -0.15) is 5.10 Å². The fourth-order valence-corrected chi connectivity index (χ4v) is 1.38. The van der Waals surface area contributed by atoms with Crippen LogP contribution in [0.3, 0.4) is 0 Å². The monoisotopic (exact) mass is 189 g/mol. The largest absolute Gasteiger partial charge is 0.496 e. The summed E-state index contributed by atoms with van der Waals surface area (Å²) < 4.78 is 5.23. The molecule has 1 aromatic heterocycles. The molecule has 0 radical (unpaired) electrons. The zero-order valence-corrected chi connectivity index (χ0v) is 7.82. The Labute approximate surface area is 81.7 Å².